The number of nitrogens with one attached hydrogen (secondary N) is 2. The Morgan fingerprint density at radius 1 is 1.34 bits per heavy atom. The SMILES string of the molecule is Cc1cc(NC(=O)CSc2nc3[nH]ncc3c(=O)n2-c2ccc(C)c(Cl)c2)no1. The minimum absolute atomic E-state index is 0.0115. The monoisotopic (exact) mass is 430 g/mol. The molecule has 0 aliphatic heterocycles. The van der Waals surface area contributed by atoms with Gasteiger partial charge >= 0.3 is 0 Å². The molecule has 0 atom stereocenters. The van der Waals surface area contributed by atoms with Crippen molar-refractivity contribution in [3.8, 4) is 5.69 Å². The van der Waals surface area contributed by atoms with Crippen LogP contribution in [0.5, 0.6) is 0 Å². The zero-order chi connectivity index (χ0) is 20.5. The van der Waals surface area contributed by atoms with E-state index in [1.165, 1.54) is 10.8 Å². The molecule has 0 fully saturated rings. The third-order valence-corrected chi connectivity index (χ3v) is 5.44. The molecule has 3 heterocycles. The second-order valence-corrected chi connectivity index (χ2v) is 7.61. The van der Waals surface area contributed by atoms with Crippen LogP contribution in [0.3, 0.4) is 0 Å². The Morgan fingerprint density at radius 3 is 2.90 bits per heavy atom. The summed E-state index contributed by atoms with van der Waals surface area (Å²) >= 11 is 7.35. The Kier molecular flexibility index (Phi) is 5.12. The quantitative estimate of drug-likeness (QED) is 0.369. The number of halogens is 1. The first-order valence-corrected chi connectivity index (χ1v) is 9.87. The van der Waals surface area contributed by atoms with Crippen LogP contribution in [0.1, 0.15) is 11.3 Å². The molecule has 4 rings (SSSR count). The molecular weight excluding hydrogens is 416 g/mol. The summed E-state index contributed by atoms with van der Waals surface area (Å²) in [6.07, 6.45) is 1.42. The van der Waals surface area contributed by atoms with Gasteiger partial charge < -0.3 is 9.84 Å². The minimum atomic E-state index is -0.309. The number of hydrogen-bond donors (Lipinski definition) is 2. The highest BCUT2D eigenvalue weighted by Gasteiger charge is 2.17. The van der Waals surface area contributed by atoms with E-state index < -0.39 is 0 Å². The number of benzene rings is 1. The van der Waals surface area contributed by atoms with Crippen molar-refractivity contribution in [2.24, 2.45) is 0 Å². The van der Waals surface area contributed by atoms with Gasteiger partial charge in [-0.25, -0.2) is 4.98 Å². The summed E-state index contributed by atoms with van der Waals surface area (Å²) in [5.74, 6) is 0.616. The lowest BCUT2D eigenvalue weighted by Crippen LogP contribution is -2.22. The Hall–Kier alpha value is -3.11. The molecule has 0 saturated heterocycles. The predicted molar refractivity (Wildman–Crippen MR) is 110 cm³/mol. The molecule has 3 aromatic heterocycles. The average Bonchev–Trinajstić information content (AvgIpc) is 3.31. The topological polar surface area (TPSA) is 119 Å². The molecule has 0 aliphatic rings. The summed E-state index contributed by atoms with van der Waals surface area (Å²) < 4.78 is 6.35. The fraction of sp³-hybridized carbons (Fsp3) is 0.167. The number of hydrogen-bond acceptors (Lipinski definition) is 7. The van der Waals surface area contributed by atoms with Crippen LogP contribution in [0, 0.1) is 13.8 Å². The molecule has 0 spiro atoms. The van der Waals surface area contributed by atoms with E-state index in [0.717, 1.165) is 17.3 Å². The minimum Gasteiger partial charge on any atom is -0.360 e. The number of amides is 1. The van der Waals surface area contributed by atoms with Crippen LogP contribution in [-0.4, -0.2) is 36.6 Å². The number of aryl methyl sites for hydroxylation is 2. The molecule has 0 unspecified atom stereocenters. The first kappa shape index (κ1) is 19.2. The van der Waals surface area contributed by atoms with Crippen LogP contribution < -0.4 is 10.9 Å². The van der Waals surface area contributed by atoms with E-state index >= 15 is 0 Å². The second kappa shape index (κ2) is 7.72. The zero-order valence-corrected chi connectivity index (χ0v) is 17.0. The average molecular weight is 431 g/mol. The van der Waals surface area contributed by atoms with E-state index in [1.54, 1.807) is 25.1 Å². The molecule has 1 aromatic carbocycles. The maximum Gasteiger partial charge on any atom is 0.269 e. The smallest absolute Gasteiger partial charge is 0.269 e. The molecule has 29 heavy (non-hydrogen) atoms. The molecule has 2 N–H and O–H groups in total. The van der Waals surface area contributed by atoms with Crippen molar-refractivity contribution in [1.29, 1.82) is 0 Å². The number of carbonyl (C=O) groups is 1. The molecule has 148 valence electrons. The van der Waals surface area contributed by atoms with Gasteiger partial charge in [0.05, 0.1) is 17.6 Å². The predicted octanol–water partition coefficient (Wildman–Crippen LogP) is 3.10. The van der Waals surface area contributed by atoms with Crippen molar-refractivity contribution in [3.05, 3.63) is 57.2 Å². The van der Waals surface area contributed by atoms with Crippen molar-refractivity contribution in [2.45, 2.75) is 19.0 Å². The fourth-order valence-corrected chi connectivity index (χ4v) is 3.63. The van der Waals surface area contributed by atoms with Crippen molar-refractivity contribution < 1.29 is 9.32 Å². The van der Waals surface area contributed by atoms with Crippen molar-refractivity contribution >= 4 is 46.1 Å². The summed E-state index contributed by atoms with van der Waals surface area (Å²) in [6.45, 7) is 3.60. The van der Waals surface area contributed by atoms with Crippen LogP contribution in [0.2, 0.25) is 5.02 Å². The van der Waals surface area contributed by atoms with Crippen LogP contribution in [-0.2, 0) is 4.79 Å². The van der Waals surface area contributed by atoms with Gasteiger partial charge in [-0.1, -0.05) is 34.6 Å². The molecule has 9 nitrogen and oxygen atoms in total. The number of H-pyrrole nitrogens is 1. The lowest BCUT2D eigenvalue weighted by atomic mass is 10.2. The van der Waals surface area contributed by atoms with Gasteiger partial charge in [0, 0.05) is 11.1 Å². The van der Waals surface area contributed by atoms with Gasteiger partial charge in [-0.15, -0.1) is 0 Å². The van der Waals surface area contributed by atoms with Crippen molar-refractivity contribution in [1.82, 2.24) is 24.9 Å². The molecule has 11 heteroatoms. The highest BCUT2D eigenvalue weighted by molar-refractivity contribution is 7.99. The molecule has 4 aromatic rings. The molecule has 0 radical (unpaired) electrons. The van der Waals surface area contributed by atoms with Gasteiger partial charge in [-0.05, 0) is 31.5 Å². The first-order chi connectivity index (χ1) is 13.9. The standard InChI is InChI=1S/C18H15ClN6O3S/c1-9-3-4-11(6-13(9)19)25-17(27)12-7-20-23-16(12)22-18(25)29-8-15(26)21-14-5-10(2)28-24-14/h3-7H,8H2,1-2H3,(H,20,23)(H,21,24,26). The van der Waals surface area contributed by atoms with E-state index in [4.69, 9.17) is 16.1 Å². The summed E-state index contributed by atoms with van der Waals surface area (Å²) in [5.41, 5.74) is 1.48. The largest absolute Gasteiger partial charge is 0.360 e. The molecular formula is C18H15ClN6O3S. The molecule has 0 aliphatic carbocycles. The summed E-state index contributed by atoms with van der Waals surface area (Å²) in [4.78, 5) is 29.8. The fourth-order valence-electron chi connectivity index (χ4n) is 2.65. The highest BCUT2D eigenvalue weighted by atomic mass is 35.5. The summed E-state index contributed by atoms with van der Waals surface area (Å²) in [5, 5.41) is 14.1. The molecule has 0 bridgehead atoms. The van der Waals surface area contributed by atoms with Crippen molar-refractivity contribution in [3.63, 3.8) is 0 Å². The third kappa shape index (κ3) is 3.89. The van der Waals surface area contributed by atoms with E-state index in [9.17, 15) is 9.59 Å². The van der Waals surface area contributed by atoms with Gasteiger partial charge in [0.25, 0.3) is 5.56 Å². The Morgan fingerprint density at radius 2 is 2.17 bits per heavy atom. The number of rotatable bonds is 5. The first-order valence-electron chi connectivity index (χ1n) is 8.51. The number of nitrogens with zero attached hydrogens (tertiary/aromatic N) is 4. The Balaban J connectivity index is 1.68. The van der Waals surface area contributed by atoms with Crippen LogP contribution in [0.15, 0.2) is 44.9 Å². The maximum atomic E-state index is 13.0. The van der Waals surface area contributed by atoms with E-state index in [0.29, 0.717) is 38.5 Å². The third-order valence-electron chi connectivity index (χ3n) is 4.09. The van der Waals surface area contributed by atoms with Gasteiger partial charge in [0.15, 0.2) is 16.6 Å². The number of anilines is 1. The number of aromatic amines is 1. The van der Waals surface area contributed by atoms with Gasteiger partial charge in [0.1, 0.15) is 11.1 Å². The zero-order valence-electron chi connectivity index (χ0n) is 15.4. The van der Waals surface area contributed by atoms with Crippen LogP contribution in [0.4, 0.5) is 5.82 Å². The Labute approximate surface area is 173 Å². The maximum absolute atomic E-state index is 13.0. The lowest BCUT2D eigenvalue weighted by molar-refractivity contribution is -0.113. The number of aromatic nitrogens is 5. The van der Waals surface area contributed by atoms with Crippen LogP contribution >= 0.6 is 23.4 Å². The number of carbonyl (C=O) groups excluding carboxylic acids is 1. The van der Waals surface area contributed by atoms with E-state index in [2.05, 4.69) is 25.7 Å². The van der Waals surface area contributed by atoms with E-state index in [1.807, 2.05) is 13.0 Å². The lowest BCUT2D eigenvalue weighted by Gasteiger charge is -2.12. The highest BCUT2D eigenvalue weighted by Crippen LogP contribution is 2.24. The Bertz CT molecular complexity index is 1280. The number of thioether (sulfide) groups is 1. The van der Waals surface area contributed by atoms with Gasteiger partial charge in [-0.2, -0.15) is 5.10 Å². The number of fused-ring (bicyclic) bond motifs is 1. The van der Waals surface area contributed by atoms with Crippen molar-refractivity contribution in [2.75, 3.05) is 11.1 Å². The molecule has 0 saturated carbocycles. The van der Waals surface area contributed by atoms with Crippen LogP contribution in [0.25, 0.3) is 16.7 Å². The van der Waals surface area contributed by atoms with Gasteiger partial charge in [-0.3, -0.25) is 19.3 Å². The molecule has 1 amide bonds. The van der Waals surface area contributed by atoms with Gasteiger partial charge in [0.2, 0.25) is 5.91 Å². The second-order valence-electron chi connectivity index (χ2n) is 6.26. The summed E-state index contributed by atoms with van der Waals surface area (Å²) in [7, 11) is 0. The van der Waals surface area contributed by atoms with E-state index in [-0.39, 0.29) is 17.2 Å². The normalized spacial score (nSPS) is 11.1. The summed E-state index contributed by atoms with van der Waals surface area (Å²) in [6, 6.07) is 6.89.